The second kappa shape index (κ2) is 7.49. The molecule has 0 fully saturated rings. The van der Waals surface area contributed by atoms with E-state index >= 15 is 0 Å². The number of halogens is 3. The largest absolute Gasteiger partial charge is 0.433 e. The number of hydrogen-bond acceptors (Lipinski definition) is 7. The van der Waals surface area contributed by atoms with E-state index in [0.29, 0.717) is 19.6 Å². The zero-order valence-corrected chi connectivity index (χ0v) is 18.6. The van der Waals surface area contributed by atoms with Gasteiger partial charge in [-0.15, -0.1) is 22.7 Å². The molecule has 0 aliphatic heterocycles. The Morgan fingerprint density at radius 1 is 1.15 bits per heavy atom. The van der Waals surface area contributed by atoms with Crippen molar-refractivity contribution in [3.8, 4) is 10.6 Å². The van der Waals surface area contributed by atoms with Gasteiger partial charge in [0.05, 0.1) is 16.0 Å². The highest BCUT2D eigenvalue weighted by Gasteiger charge is 2.36. The Balaban J connectivity index is 1.59. The highest BCUT2D eigenvalue weighted by Crippen LogP contribution is 2.33. The SMILES string of the molecule is Cc1cc2c(=O)n(NC(=O)c3cc4nc(-c5cccs5)cc(C(F)(F)F)n4n3)c(C)nc2s1. The van der Waals surface area contributed by atoms with Gasteiger partial charge in [-0.1, -0.05) is 6.07 Å². The average Bonchev–Trinajstić information content (AvgIpc) is 3.48. The van der Waals surface area contributed by atoms with Crippen molar-refractivity contribution in [2.24, 2.45) is 0 Å². The monoisotopic (exact) mass is 490 g/mol. The molecule has 1 amide bonds. The first-order chi connectivity index (χ1) is 15.6. The molecule has 0 saturated carbocycles. The number of hydrogen-bond donors (Lipinski definition) is 1. The minimum atomic E-state index is -4.73. The molecule has 0 saturated heterocycles. The number of carbonyl (C=O) groups is 1. The molecule has 33 heavy (non-hydrogen) atoms. The summed E-state index contributed by atoms with van der Waals surface area (Å²) >= 11 is 2.59. The first kappa shape index (κ1) is 21.3. The summed E-state index contributed by atoms with van der Waals surface area (Å²) in [6, 6.07) is 7.04. The third kappa shape index (κ3) is 3.68. The third-order valence-corrected chi connectivity index (χ3v) is 6.63. The number of aromatic nitrogens is 5. The molecular formula is C20H13F3N6O2S2. The van der Waals surface area contributed by atoms with Gasteiger partial charge in [0.2, 0.25) is 0 Å². The van der Waals surface area contributed by atoms with Gasteiger partial charge in [-0.3, -0.25) is 15.0 Å². The second-order valence-electron chi connectivity index (χ2n) is 7.12. The van der Waals surface area contributed by atoms with Gasteiger partial charge in [-0.05, 0) is 37.4 Å². The Bertz CT molecular complexity index is 1600. The van der Waals surface area contributed by atoms with Crippen LogP contribution in [0.15, 0.2) is 40.5 Å². The minimum absolute atomic E-state index is 0.117. The van der Waals surface area contributed by atoms with Gasteiger partial charge in [-0.25, -0.2) is 19.2 Å². The summed E-state index contributed by atoms with van der Waals surface area (Å²) in [5.74, 6) is -0.648. The van der Waals surface area contributed by atoms with Crippen molar-refractivity contribution >= 4 is 44.4 Å². The molecule has 5 aromatic rings. The van der Waals surface area contributed by atoms with Crippen LogP contribution < -0.4 is 11.0 Å². The quantitative estimate of drug-likeness (QED) is 0.408. The summed E-state index contributed by atoms with van der Waals surface area (Å²) in [6.45, 7) is 3.37. The van der Waals surface area contributed by atoms with Crippen LogP contribution in [0.1, 0.15) is 26.9 Å². The van der Waals surface area contributed by atoms with Gasteiger partial charge in [0, 0.05) is 10.9 Å². The van der Waals surface area contributed by atoms with Crippen LogP contribution in [0, 0.1) is 13.8 Å². The van der Waals surface area contributed by atoms with Gasteiger partial charge in [0.1, 0.15) is 10.7 Å². The van der Waals surface area contributed by atoms with Crippen LogP contribution in [-0.2, 0) is 6.18 Å². The molecular weight excluding hydrogens is 477 g/mol. The van der Waals surface area contributed by atoms with E-state index in [1.54, 1.807) is 23.6 Å². The molecule has 0 atom stereocenters. The van der Waals surface area contributed by atoms with Crippen molar-refractivity contribution < 1.29 is 18.0 Å². The van der Waals surface area contributed by atoms with Crippen molar-refractivity contribution in [3.63, 3.8) is 0 Å². The smallest absolute Gasteiger partial charge is 0.267 e. The fourth-order valence-electron chi connectivity index (χ4n) is 3.33. The zero-order valence-electron chi connectivity index (χ0n) is 17.0. The first-order valence-corrected chi connectivity index (χ1v) is 11.1. The lowest BCUT2D eigenvalue weighted by Crippen LogP contribution is -2.35. The van der Waals surface area contributed by atoms with Crippen molar-refractivity contribution in [2.75, 3.05) is 5.43 Å². The Morgan fingerprint density at radius 3 is 2.64 bits per heavy atom. The molecule has 168 valence electrons. The number of thiophene rings is 2. The Hall–Kier alpha value is -3.58. The number of nitrogens with zero attached hydrogens (tertiary/aromatic N) is 5. The summed E-state index contributed by atoms with van der Waals surface area (Å²) in [7, 11) is 0. The van der Waals surface area contributed by atoms with E-state index < -0.39 is 23.3 Å². The number of fused-ring (bicyclic) bond motifs is 2. The minimum Gasteiger partial charge on any atom is -0.267 e. The number of carbonyl (C=O) groups excluding carboxylic acids is 1. The molecule has 0 bridgehead atoms. The number of alkyl halides is 3. The molecule has 0 radical (unpaired) electrons. The molecule has 5 aromatic heterocycles. The predicted octanol–water partition coefficient (Wildman–Crippen LogP) is 4.25. The lowest BCUT2D eigenvalue weighted by Gasteiger charge is -2.10. The lowest BCUT2D eigenvalue weighted by atomic mass is 10.2. The summed E-state index contributed by atoms with van der Waals surface area (Å²) in [4.78, 5) is 36.1. The van der Waals surface area contributed by atoms with Crippen LogP contribution >= 0.6 is 22.7 Å². The predicted molar refractivity (Wildman–Crippen MR) is 118 cm³/mol. The van der Waals surface area contributed by atoms with Crippen LogP contribution in [0.3, 0.4) is 0 Å². The molecule has 8 nitrogen and oxygen atoms in total. The third-order valence-electron chi connectivity index (χ3n) is 4.79. The van der Waals surface area contributed by atoms with Crippen LogP contribution in [0.2, 0.25) is 0 Å². The summed E-state index contributed by atoms with van der Waals surface area (Å²) in [6.07, 6.45) is -4.73. The highest BCUT2D eigenvalue weighted by molar-refractivity contribution is 7.18. The second-order valence-corrected chi connectivity index (χ2v) is 9.30. The molecule has 0 aromatic carbocycles. The molecule has 0 aliphatic rings. The fourth-order valence-corrected chi connectivity index (χ4v) is 4.93. The summed E-state index contributed by atoms with van der Waals surface area (Å²) < 4.78 is 42.7. The van der Waals surface area contributed by atoms with Gasteiger partial charge >= 0.3 is 6.18 Å². The Kier molecular flexibility index (Phi) is 4.83. The molecule has 0 aliphatic carbocycles. The lowest BCUT2D eigenvalue weighted by molar-refractivity contribution is -0.142. The molecule has 1 N–H and O–H groups in total. The number of amides is 1. The molecule has 0 unspecified atom stereocenters. The van der Waals surface area contributed by atoms with Crippen LogP contribution in [0.4, 0.5) is 13.2 Å². The normalized spacial score (nSPS) is 12.0. The summed E-state index contributed by atoms with van der Waals surface area (Å²) in [5.41, 5.74) is 0.459. The number of aryl methyl sites for hydroxylation is 2. The van der Waals surface area contributed by atoms with Crippen molar-refractivity contribution in [1.29, 1.82) is 0 Å². The van der Waals surface area contributed by atoms with E-state index in [2.05, 4.69) is 20.5 Å². The maximum Gasteiger partial charge on any atom is 0.433 e. The number of nitrogens with one attached hydrogen (secondary N) is 1. The van der Waals surface area contributed by atoms with E-state index in [4.69, 9.17) is 0 Å². The van der Waals surface area contributed by atoms with E-state index in [-0.39, 0.29) is 22.9 Å². The topological polar surface area (TPSA) is 94.2 Å². The van der Waals surface area contributed by atoms with E-state index in [1.807, 2.05) is 6.92 Å². The molecule has 5 rings (SSSR count). The Labute approximate surface area is 190 Å². The molecule has 13 heteroatoms. The van der Waals surface area contributed by atoms with Gasteiger partial charge < -0.3 is 0 Å². The van der Waals surface area contributed by atoms with E-state index in [9.17, 15) is 22.8 Å². The van der Waals surface area contributed by atoms with Crippen molar-refractivity contribution in [3.05, 3.63) is 68.2 Å². The average molecular weight is 490 g/mol. The molecule has 5 heterocycles. The highest BCUT2D eigenvalue weighted by atomic mass is 32.1. The van der Waals surface area contributed by atoms with Gasteiger partial charge in [-0.2, -0.15) is 18.3 Å². The van der Waals surface area contributed by atoms with Crippen LogP contribution in [-0.4, -0.2) is 30.2 Å². The fraction of sp³-hybridized carbons (Fsp3) is 0.150. The Morgan fingerprint density at radius 2 is 1.94 bits per heavy atom. The van der Waals surface area contributed by atoms with Crippen LogP contribution in [0.5, 0.6) is 0 Å². The van der Waals surface area contributed by atoms with Gasteiger partial charge in [0.15, 0.2) is 17.0 Å². The zero-order chi connectivity index (χ0) is 23.5. The van der Waals surface area contributed by atoms with Crippen LogP contribution in [0.25, 0.3) is 26.4 Å². The standard InChI is InChI=1S/C20H13F3N6O2S2/c1-9-6-11-18(33-9)24-10(2)28(19(11)31)27-17(30)13-8-16-25-12(14-4-3-5-32-14)7-15(20(21,22)23)29(16)26-13/h3-8H,1-2H3,(H,27,30). The maximum atomic E-state index is 13.7. The van der Waals surface area contributed by atoms with Crippen molar-refractivity contribution in [1.82, 2.24) is 24.3 Å². The van der Waals surface area contributed by atoms with Crippen molar-refractivity contribution in [2.45, 2.75) is 20.0 Å². The summed E-state index contributed by atoms with van der Waals surface area (Å²) in [5, 5.41) is 5.87. The number of rotatable bonds is 3. The van der Waals surface area contributed by atoms with Gasteiger partial charge in [0.25, 0.3) is 11.5 Å². The first-order valence-electron chi connectivity index (χ1n) is 9.45. The van der Waals surface area contributed by atoms with E-state index in [1.165, 1.54) is 29.6 Å². The maximum absolute atomic E-state index is 13.7. The molecule has 0 spiro atoms. The van der Waals surface area contributed by atoms with E-state index in [0.717, 1.165) is 21.7 Å².